The number of hydrogen-bond donors (Lipinski definition) is 2. The Balaban J connectivity index is 3.17. The van der Waals surface area contributed by atoms with Crippen molar-refractivity contribution < 1.29 is 13.9 Å². The van der Waals surface area contributed by atoms with Crippen LogP contribution in [0.3, 0.4) is 0 Å². The van der Waals surface area contributed by atoms with Crippen molar-refractivity contribution in [3.8, 4) is 0 Å². The molecule has 0 bridgehead atoms. The highest BCUT2D eigenvalue weighted by molar-refractivity contribution is 7.80. The van der Waals surface area contributed by atoms with Crippen molar-refractivity contribution in [2.24, 2.45) is 5.73 Å². The minimum atomic E-state index is -0.751. The maximum absolute atomic E-state index is 13.6. The number of likely N-dealkylation sites (N-methyl/N-ethyl adjacent to an activating group) is 1. The van der Waals surface area contributed by atoms with E-state index in [1.807, 2.05) is 0 Å². The van der Waals surface area contributed by atoms with E-state index in [-0.39, 0.29) is 29.4 Å². The molecule has 0 heterocycles. The number of thiocarbonyl (C=S) groups is 1. The predicted octanol–water partition coefficient (Wildman–Crippen LogP) is 1.03. The number of rotatable bonds is 4. The number of aliphatic hydroxyl groups excluding tert-OH is 1. The zero-order valence-corrected chi connectivity index (χ0v) is 9.52. The molecule has 1 aromatic rings. The van der Waals surface area contributed by atoms with Crippen molar-refractivity contribution in [3.05, 3.63) is 29.3 Å². The zero-order valence-electron chi connectivity index (χ0n) is 8.70. The molecule has 0 saturated heterocycles. The van der Waals surface area contributed by atoms with E-state index in [1.54, 1.807) is 0 Å². The molecule has 0 radical (unpaired) electrons. The van der Waals surface area contributed by atoms with Crippen LogP contribution < -0.4 is 10.6 Å². The number of benzene rings is 1. The van der Waals surface area contributed by atoms with E-state index >= 15 is 0 Å². The molecule has 0 fully saturated rings. The van der Waals surface area contributed by atoms with Crippen molar-refractivity contribution in [1.29, 1.82) is 0 Å². The summed E-state index contributed by atoms with van der Waals surface area (Å²) in [4.78, 5) is 1.22. The lowest BCUT2D eigenvalue weighted by Crippen LogP contribution is -2.24. The van der Waals surface area contributed by atoms with Gasteiger partial charge in [0.25, 0.3) is 0 Å². The molecule has 0 aromatic heterocycles. The van der Waals surface area contributed by atoms with Crippen LogP contribution in [0, 0.1) is 11.6 Å². The Labute approximate surface area is 97.5 Å². The topological polar surface area (TPSA) is 49.5 Å². The Kier molecular flexibility index (Phi) is 4.14. The summed E-state index contributed by atoms with van der Waals surface area (Å²) >= 11 is 4.63. The van der Waals surface area contributed by atoms with Gasteiger partial charge >= 0.3 is 0 Å². The van der Waals surface area contributed by atoms with Gasteiger partial charge in [-0.2, -0.15) is 0 Å². The molecule has 0 aliphatic carbocycles. The van der Waals surface area contributed by atoms with Crippen LogP contribution in [0.2, 0.25) is 0 Å². The molecule has 88 valence electrons. The van der Waals surface area contributed by atoms with Crippen LogP contribution in [0.4, 0.5) is 14.5 Å². The Morgan fingerprint density at radius 3 is 2.31 bits per heavy atom. The Morgan fingerprint density at radius 1 is 1.44 bits per heavy atom. The van der Waals surface area contributed by atoms with E-state index in [4.69, 9.17) is 10.8 Å². The first-order valence-electron chi connectivity index (χ1n) is 4.58. The van der Waals surface area contributed by atoms with E-state index < -0.39 is 11.6 Å². The van der Waals surface area contributed by atoms with Gasteiger partial charge in [0.2, 0.25) is 0 Å². The third-order valence-electron chi connectivity index (χ3n) is 2.12. The van der Waals surface area contributed by atoms with Gasteiger partial charge in [-0.15, -0.1) is 0 Å². The lowest BCUT2D eigenvalue weighted by Gasteiger charge is -2.19. The molecule has 0 unspecified atom stereocenters. The number of halogens is 2. The second kappa shape index (κ2) is 5.18. The lowest BCUT2D eigenvalue weighted by atomic mass is 10.1. The largest absolute Gasteiger partial charge is 0.395 e. The first-order valence-corrected chi connectivity index (χ1v) is 4.99. The molecule has 0 amide bonds. The van der Waals surface area contributed by atoms with Gasteiger partial charge in [-0.1, -0.05) is 12.2 Å². The summed E-state index contributed by atoms with van der Waals surface area (Å²) in [6.07, 6.45) is 0. The Hall–Kier alpha value is -1.27. The SMILES string of the molecule is CN(CCO)c1c(F)cc(C(N)=S)cc1F. The summed E-state index contributed by atoms with van der Waals surface area (Å²) in [6.45, 7) is -0.0489. The quantitative estimate of drug-likeness (QED) is 0.779. The van der Waals surface area contributed by atoms with Crippen LogP contribution >= 0.6 is 12.2 Å². The van der Waals surface area contributed by atoms with Crippen molar-refractivity contribution in [3.63, 3.8) is 0 Å². The highest BCUT2D eigenvalue weighted by atomic mass is 32.1. The fraction of sp³-hybridized carbons (Fsp3) is 0.300. The summed E-state index contributed by atoms with van der Waals surface area (Å²) in [7, 11) is 1.48. The van der Waals surface area contributed by atoms with E-state index in [0.29, 0.717) is 0 Å². The van der Waals surface area contributed by atoms with E-state index in [0.717, 1.165) is 12.1 Å². The molecule has 6 heteroatoms. The Bertz CT molecular complexity index is 389. The van der Waals surface area contributed by atoms with Gasteiger partial charge in [-0.3, -0.25) is 0 Å². The number of nitrogens with two attached hydrogens (primary N) is 1. The number of nitrogens with zero attached hydrogens (tertiary/aromatic N) is 1. The summed E-state index contributed by atoms with van der Waals surface area (Å²) in [6, 6.07) is 2.16. The van der Waals surface area contributed by atoms with Gasteiger partial charge in [-0.25, -0.2) is 8.78 Å². The Morgan fingerprint density at radius 2 is 1.94 bits per heavy atom. The standard InChI is InChI=1S/C10H12F2N2OS/c1-14(2-3-15)9-7(11)4-6(10(13)16)5-8(9)12/h4-5,15H,2-3H2,1H3,(H2,13,16). The highest BCUT2D eigenvalue weighted by Crippen LogP contribution is 2.23. The van der Waals surface area contributed by atoms with Crippen LogP contribution in [-0.4, -0.2) is 30.3 Å². The summed E-state index contributed by atoms with van der Waals surface area (Å²) in [5.41, 5.74) is 5.23. The van der Waals surface area contributed by atoms with Gasteiger partial charge < -0.3 is 15.7 Å². The second-order valence-electron chi connectivity index (χ2n) is 3.30. The third kappa shape index (κ3) is 2.65. The van der Waals surface area contributed by atoms with Crippen LogP contribution in [0.25, 0.3) is 0 Å². The highest BCUT2D eigenvalue weighted by Gasteiger charge is 2.15. The molecule has 1 rings (SSSR count). The summed E-state index contributed by atoms with van der Waals surface area (Å²) < 4.78 is 27.1. The molecule has 1 aromatic carbocycles. The van der Waals surface area contributed by atoms with Crippen LogP contribution in [0.15, 0.2) is 12.1 Å². The molecule has 16 heavy (non-hydrogen) atoms. The normalized spacial score (nSPS) is 10.2. The average molecular weight is 246 g/mol. The molecular formula is C10H12F2N2OS. The van der Waals surface area contributed by atoms with Crippen molar-refractivity contribution in [1.82, 2.24) is 0 Å². The minimum absolute atomic E-state index is 0.0610. The summed E-state index contributed by atoms with van der Waals surface area (Å²) in [5.74, 6) is -1.50. The molecule has 0 aliphatic rings. The fourth-order valence-corrected chi connectivity index (χ4v) is 1.45. The maximum Gasteiger partial charge on any atom is 0.150 e. The molecule has 0 aliphatic heterocycles. The first kappa shape index (κ1) is 12.8. The smallest absolute Gasteiger partial charge is 0.150 e. The van der Waals surface area contributed by atoms with Crippen LogP contribution in [0.1, 0.15) is 5.56 Å². The fourth-order valence-electron chi connectivity index (χ4n) is 1.33. The van der Waals surface area contributed by atoms with Gasteiger partial charge in [0.15, 0.2) is 0 Å². The van der Waals surface area contributed by atoms with E-state index in [1.165, 1.54) is 11.9 Å². The van der Waals surface area contributed by atoms with Crippen molar-refractivity contribution >= 4 is 22.9 Å². The van der Waals surface area contributed by atoms with E-state index in [9.17, 15) is 8.78 Å². The van der Waals surface area contributed by atoms with Crippen molar-refractivity contribution in [2.45, 2.75) is 0 Å². The minimum Gasteiger partial charge on any atom is -0.395 e. The molecule has 0 atom stereocenters. The average Bonchev–Trinajstić information content (AvgIpc) is 2.16. The monoisotopic (exact) mass is 246 g/mol. The second-order valence-corrected chi connectivity index (χ2v) is 3.74. The molecule has 0 saturated carbocycles. The molecule has 3 N–H and O–H groups in total. The van der Waals surface area contributed by atoms with Gasteiger partial charge in [-0.05, 0) is 12.1 Å². The molecule has 3 nitrogen and oxygen atoms in total. The first-order chi connectivity index (χ1) is 7.47. The van der Waals surface area contributed by atoms with E-state index in [2.05, 4.69) is 12.2 Å². The summed E-state index contributed by atoms with van der Waals surface area (Å²) in [5, 5.41) is 8.70. The lowest BCUT2D eigenvalue weighted by molar-refractivity contribution is 0.303. The number of anilines is 1. The molecule has 0 spiro atoms. The number of hydrogen-bond acceptors (Lipinski definition) is 3. The third-order valence-corrected chi connectivity index (χ3v) is 2.35. The van der Waals surface area contributed by atoms with Crippen LogP contribution in [0.5, 0.6) is 0 Å². The van der Waals surface area contributed by atoms with Crippen molar-refractivity contribution in [2.75, 3.05) is 25.1 Å². The predicted molar refractivity (Wildman–Crippen MR) is 62.6 cm³/mol. The van der Waals surface area contributed by atoms with Gasteiger partial charge in [0.05, 0.1) is 6.61 Å². The van der Waals surface area contributed by atoms with Gasteiger partial charge in [0, 0.05) is 19.2 Å². The number of aliphatic hydroxyl groups is 1. The van der Waals surface area contributed by atoms with Gasteiger partial charge in [0.1, 0.15) is 22.3 Å². The van der Waals surface area contributed by atoms with Crippen LogP contribution in [-0.2, 0) is 0 Å². The zero-order chi connectivity index (χ0) is 12.3. The maximum atomic E-state index is 13.6. The molecular weight excluding hydrogens is 234 g/mol.